The molecular formula is C15H25N3O2. The molecule has 1 fully saturated rings. The molecule has 1 atom stereocenters. The highest BCUT2D eigenvalue weighted by Gasteiger charge is 2.28. The Bertz CT molecular complexity index is 456. The van der Waals surface area contributed by atoms with Gasteiger partial charge in [-0.1, -0.05) is 19.8 Å². The van der Waals surface area contributed by atoms with Gasteiger partial charge in [-0.25, -0.2) is 0 Å². The van der Waals surface area contributed by atoms with Gasteiger partial charge in [0.2, 0.25) is 0 Å². The molecule has 1 N–H and O–H groups in total. The summed E-state index contributed by atoms with van der Waals surface area (Å²) in [5, 5.41) is 14.0. The Hall–Kier alpha value is -1.36. The van der Waals surface area contributed by atoms with Crippen LogP contribution in [0.25, 0.3) is 0 Å². The largest absolute Gasteiger partial charge is 0.394 e. The van der Waals surface area contributed by atoms with Gasteiger partial charge in [0.15, 0.2) is 0 Å². The van der Waals surface area contributed by atoms with Gasteiger partial charge in [0.1, 0.15) is 5.69 Å². The highest BCUT2D eigenvalue weighted by molar-refractivity contribution is 5.93. The normalized spacial score (nSPS) is 19.9. The molecular weight excluding hydrogens is 254 g/mol. The lowest BCUT2D eigenvalue weighted by Crippen LogP contribution is -2.42. The average molecular weight is 279 g/mol. The lowest BCUT2D eigenvalue weighted by atomic mass is 10.1. The number of rotatable bonds is 4. The molecule has 0 aliphatic carbocycles. The van der Waals surface area contributed by atoms with Crippen molar-refractivity contribution in [3.05, 3.63) is 17.5 Å². The number of aromatic nitrogens is 2. The summed E-state index contributed by atoms with van der Waals surface area (Å²) in [5.74, 6) is 0.0139. The SMILES string of the molecule is CCc1cc(C(=O)N2CCCCCC2CO)n(CC)n1. The number of likely N-dealkylation sites (tertiary alicyclic amines) is 1. The maximum atomic E-state index is 12.8. The van der Waals surface area contributed by atoms with Gasteiger partial charge in [-0.3, -0.25) is 9.48 Å². The number of aryl methyl sites for hydroxylation is 2. The predicted molar refractivity (Wildman–Crippen MR) is 77.7 cm³/mol. The molecule has 1 aliphatic rings. The highest BCUT2D eigenvalue weighted by atomic mass is 16.3. The minimum atomic E-state index is -0.0460. The minimum Gasteiger partial charge on any atom is -0.394 e. The maximum Gasteiger partial charge on any atom is 0.272 e. The Morgan fingerprint density at radius 1 is 1.40 bits per heavy atom. The molecule has 1 aromatic heterocycles. The zero-order chi connectivity index (χ0) is 14.5. The lowest BCUT2D eigenvalue weighted by Gasteiger charge is -2.28. The van der Waals surface area contributed by atoms with E-state index in [1.54, 1.807) is 4.68 Å². The van der Waals surface area contributed by atoms with Gasteiger partial charge in [-0.05, 0) is 32.3 Å². The van der Waals surface area contributed by atoms with Crippen LogP contribution in [0.2, 0.25) is 0 Å². The van der Waals surface area contributed by atoms with Crippen LogP contribution in [0.3, 0.4) is 0 Å². The van der Waals surface area contributed by atoms with Crippen molar-refractivity contribution in [1.29, 1.82) is 0 Å². The molecule has 0 spiro atoms. The topological polar surface area (TPSA) is 58.4 Å². The Kier molecular flexibility index (Phi) is 5.17. The quantitative estimate of drug-likeness (QED) is 0.915. The summed E-state index contributed by atoms with van der Waals surface area (Å²) in [6.45, 7) is 5.51. The van der Waals surface area contributed by atoms with E-state index >= 15 is 0 Å². The molecule has 0 aromatic carbocycles. The van der Waals surface area contributed by atoms with E-state index < -0.39 is 0 Å². The fraction of sp³-hybridized carbons (Fsp3) is 0.733. The standard InChI is InChI=1S/C15H25N3O2/c1-3-12-10-14(18(4-2)16-12)15(20)17-9-7-5-6-8-13(17)11-19/h10,13,19H,3-9,11H2,1-2H3. The van der Waals surface area contributed by atoms with Gasteiger partial charge < -0.3 is 10.0 Å². The van der Waals surface area contributed by atoms with E-state index in [1.165, 1.54) is 0 Å². The maximum absolute atomic E-state index is 12.8. The van der Waals surface area contributed by atoms with Crippen molar-refractivity contribution in [3.8, 4) is 0 Å². The van der Waals surface area contributed by atoms with Crippen LogP contribution in [0, 0.1) is 0 Å². The van der Waals surface area contributed by atoms with E-state index in [4.69, 9.17) is 0 Å². The number of nitrogens with zero attached hydrogens (tertiary/aromatic N) is 3. The molecule has 1 amide bonds. The highest BCUT2D eigenvalue weighted by Crippen LogP contribution is 2.19. The first-order valence-electron chi connectivity index (χ1n) is 7.69. The molecule has 20 heavy (non-hydrogen) atoms. The van der Waals surface area contributed by atoms with Crippen LogP contribution in [-0.2, 0) is 13.0 Å². The van der Waals surface area contributed by atoms with Gasteiger partial charge in [-0.15, -0.1) is 0 Å². The van der Waals surface area contributed by atoms with E-state index in [1.807, 2.05) is 24.8 Å². The summed E-state index contributed by atoms with van der Waals surface area (Å²) in [6.07, 6.45) is 4.96. The van der Waals surface area contributed by atoms with Gasteiger partial charge in [0.05, 0.1) is 18.3 Å². The van der Waals surface area contributed by atoms with Crippen molar-refractivity contribution in [2.75, 3.05) is 13.2 Å². The minimum absolute atomic E-state index is 0.0139. The Balaban J connectivity index is 2.26. The van der Waals surface area contributed by atoms with Crippen molar-refractivity contribution in [3.63, 3.8) is 0 Å². The number of aliphatic hydroxyl groups is 1. The zero-order valence-corrected chi connectivity index (χ0v) is 12.5. The second kappa shape index (κ2) is 6.88. The van der Waals surface area contributed by atoms with E-state index in [2.05, 4.69) is 5.10 Å². The molecule has 0 bridgehead atoms. The van der Waals surface area contributed by atoms with Crippen LogP contribution in [0.5, 0.6) is 0 Å². The molecule has 2 rings (SSSR count). The van der Waals surface area contributed by atoms with E-state index in [0.29, 0.717) is 12.2 Å². The fourth-order valence-corrected chi connectivity index (χ4v) is 2.84. The van der Waals surface area contributed by atoms with Gasteiger partial charge in [-0.2, -0.15) is 5.10 Å². The summed E-state index contributed by atoms with van der Waals surface area (Å²) in [5.41, 5.74) is 1.61. The number of carbonyl (C=O) groups excluding carboxylic acids is 1. The molecule has 0 saturated carbocycles. The summed E-state index contributed by atoms with van der Waals surface area (Å²) >= 11 is 0. The third-order valence-electron chi connectivity index (χ3n) is 4.06. The van der Waals surface area contributed by atoms with Gasteiger partial charge in [0, 0.05) is 13.1 Å². The third-order valence-corrected chi connectivity index (χ3v) is 4.06. The predicted octanol–water partition coefficient (Wildman–Crippen LogP) is 1.84. The number of amides is 1. The van der Waals surface area contributed by atoms with Crippen molar-refractivity contribution in [2.24, 2.45) is 0 Å². The van der Waals surface area contributed by atoms with Crippen molar-refractivity contribution >= 4 is 5.91 Å². The second-order valence-corrected chi connectivity index (χ2v) is 5.37. The van der Waals surface area contributed by atoms with Crippen molar-refractivity contribution < 1.29 is 9.90 Å². The van der Waals surface area contributed by atoms with Crippen LogP contribution >= 0.6 is 0 Å². The Morgan fingerprint density at radius 2 is 2.20 bits per heavy atom. The summed E-state index contributed by atoms with van der Waals surface area (Å²) < 4.78 is 1.78. The zero-order valence-electron chi connectivity index (χ0n) is 12.5. The molecule has 0 radical (unpaired) electrons. The van der Waals surface area contributed by atoms with Gasteiger partial charge >= 0.3 is 0 Å². The first-order valence-corrected chi connectivity index (χ1v) is 7.69. The van der Waals surface area contributed by atoms with Crippen LogP contribution in [0.4, 0.5) is 0 Å². The first kappa shape index (κ1) is 15.0. The van der Waals surface area contributed by atoms with Crippen molar-refractivity contribution in [1.82, 2.24) is 14.7 Å². The molecule has 2 heterocycles. The number of aliphatic hydroxyl groups excluding tert-OH is 1. The Labute approximate surface area is 120 Å². The first-order chi connectivity index (χ1) is 9.71. The summed E-state index contributed by atoms with van der Waals surface area (Å²) in [4.78, 5) is 14.6. The summed E-state index contributed by atoms with van der Waals surface area (Å²) in [6, 6.07) is 1.85. The Morgan fingerprint density at radius 3 is 2.85 bits per heavy atom. The van der Waals surface area contributed by atoms with Crippen LogP contribution in [0.1, 0.15) is 55.7 Å². The molecule has 5 nitrogen and oxygen atoms in total. The molecule has 1 saturated heterocycles. The fourth-order valence-electron chi connectivity index (χ4n) is 2.84. The van der Waals surface area contributed by atoms with Crippen LogP contribution < -0.4 is 0 Å². The van der Waals surface area contributed by atoms with Crippen LogP contribution in [0.15, 0.2) is 6.07 Å². The molecule has 5 heteroatoms. The third kappa shape index (κ3) is 3.03. The van der Waals surface area contributed by atoms with Crippen molar-refractivity contribution in [2.45, 2.75) is 58.5 Å². The number of hydrogen-bond acceptors (Lipinski definition) is 3. The smallest absolute Gasteiger partial charge is 0.272 e. The molecule has 1 aliphatic heterocycles. The lowest BCUT2D eigenvalue weighted by molar-refractivity contribution is 0.0587. The van der Waals surface area contributed by atoms with E-state index in [0.717, 1.165) is 44.3 Å². The van der Waals surface area contributed by atoms with Crippen LogP contribution in [-0.4, -0.2) is 44.9 Å². The number of carbonyl (C=O) groups is 1. The average Bonchev–Trinajstić information content (AvgIpc) is 2.75. The molecule has 112 valence electrons. The second-order valence-electron chi connectivity index (χ2n) is 5.37. The monoisotopic (exact) mass is 279 g/mol. The number of hydrogen-bond donors (Lipinski definition) is 1. The summed E-state index contributed by atoms with van der Waals surface area (Å²) in [7, 11) is 0. The van der Waals surface area contributed by atoms with E-state index in [-0.39, 0.29) is 18.6 Å². The molecule has 1 aromatic rings. The van der Waals surface area contributed by atoms with Gasteiger partial charge in [0.25, 0.3) is 5.91 Å². The molecule has 1 unspecified atom stereocenters. The van der Waals surface area contributed by atoms with E-state index in [9.17, 15) is 9.90 Å².